The molecule has 2 fully saturated rings. The summed E-state index contributed by atoms with van der Waals surface area (Å²) in [4.78, 5) is 12.5. The summed E-state index contributed by atoms with van der Waals surface area (Å²) in [5.41, 5.74) is 5.12. The van der Waals surface area contributed by atoms with Crippen LogP contribution in [-0.4, -0.2) is 29.3 Å². The smallest absolute Gasteiger partial charge is 0.246 e. The van der Waals surface area contributed by atoms with E-state index in [4.69, 9.17) is 15.0 Å². The molecule has 3 N–H and O–H groups in total. The van der Waals surface area contributed by atoms with Crippen LogP contribution in [0.5, 0.6) is 0 Å². The standard InChI is InChI=1S/C13H19N3O3/c1-7-6-9(16-19-7)15-11(17)13(14)8-4-5-18-10(8)12(13,2)3/h6,8,10H,4-5,14H2,1-3H3,(H,15,16,17). The summed E-state index contributed by atoms with van der Waals surface area (Å²) in [6.45, 7) is 6.41. The first-order valence-corrected chi connectivity index (χ1v) is 6.52. The summed E-state index contributed by atoms with van der Waals surface area (Å²) in [5, 5.41) is 6.52. The Morgan fingerprint density at radius 2 is 2.32 bits per heavy atom. The molecule has 2 aliphatic rings. The number of hydrogen-bond acceptors (Lipinski definition) is 5. The highest BCUT2D eigenvalue weighted by Gasteiger charge is 2.71. The number of aryl methyl sites for hydroxylation is 1. The monoisotopic (exact) mass is 265 g/mol. The molecule has 1 amide bonds. The van der Waals surface area contributed by atoms with Crippen molar-refractivity contribution >= 4 is 11.7 Å². The molecule has 1 aliphatic carbocycles. The van der Waals surface area contributed by atoms with Crippen molar-refractivity contribution in [1.29, 1.82) is 0 Å². The van der Waals surface area contributed by atoms with Crippen LogP contribution in [0, 0.1) is 18.3 Å². The number of nitrogens with two attached hydrogens (primary N) is 1. The van der Waals surface area contributed by atoms with Crippen LogP contribution in [0.4, 0.5) is 5.82 Å². The van der Waals surface area contributed by atoms with Crippen LogP contribution in [0.2, 0.25) is 0 Å². The van der Waals surface area contributed by atoms with Gasteiger partial charge in [0.15, 0.2) is 5.82 Å². The van der Waals surface area contributed by atoms with Crippen molar-refractivity contribution in [3.8, 4) is 0 Å². The van der Waals surface area contributed by atoms with Crippen molar-refractivity contribution in [2.24, 2.45) is 17.1 Å². The van der Waals surface area contributed by atoms with Gasteiger partial charge < -0.3 is 20.3 Å². The second-order valence-electron chi connectivity index (χ2n) is 6.05. The lowest BCUT2D eigenvalue weighted by molar-refractivity contribution is -0.170. The van der Waals surface area contributed by atoms with Crippen molar-refractivity contribution in [2.45, 2.75) is 38.8 Å². The molecule has 0 aromatic carbocycles. The Kier molecular flexibility index (Phi) is 2.53. The van der Waals surface area contributed by atoms with E-state index in [9.17, 15) is 4.79 Å². The maximum atomic E-state index is 12.5. The predicted octanol–water partition coefficient (Wildman–Crippen LogP) is 1.06. The van der Waals surface area contributed by atoms with Gasteiger partial charge in [0.2, 0.25) is 5.91 Å². The summed E-state index contributed by atoms with van der Waals surface area (Å²) < 4.78 is 10.6. The molecule has 6 nitrogen and oxygen atoms in total. The molecule has 6 heteroatoms. The third-order valence-electron chi connectivity index (χ3n) is 4.70. The molecule has 3 unspecified atom stereocenters. The maximum absolute atomic E-state index is 12.5. The highest BCUT2D eigenvalue weighted by atomic mass is 16.5. The van der Waals surface area contributed by atoms with Gasteiger partial charge in [-0.2, -0.15) is 0 Å². The molecule has 1 aliphatic heterocycles. The van der Waals surface area contributed by atoms with Crippen molar-refractivity contribution in [3.63, 3.8) is 0 Å². The van der Waals surface area contributed by atoms with E-state index < -0.39 is 5.54 Å². The quantitative estimate of drug-likeness (QED) is 0.834. The first-order chi connectivity index (χ1) is 8.87. The molecule has 0 radical (unpaired) electrons. The summed E-state index contributed by atoms with van der Waals surface area (Å²) in [6.07, 6.45) is 0.901. The lowest BCUT2D eigenvalue weighted by Gasteiger charge is -2.60. The fourth-order valence-corrected chi connectivity index (χ4v) is 3.49. The van der Waals surface area contributed by atoms with Crippen LogP contribution in [0.25, 0.3) is 0 Å². The minimum atomic E-state index is -0.916. The molecule has 0 spiro atoms. The minimum Gasteiger partial charge on any atom is -0.377 e. The average molecular weight is 265 g/mol. The number of fused-ring (bicyclic) bond motifs is 1. The van der Waals surface area contributed by atoms with Gasteiger partial charge in [-0.15, -0.1) is 0 Å². The molecule has 19 heavy (non-hydrogen) atoms. The lowest BCUT2D eigenvalue weighted by atomic mass is 9.48. The van der Waals surface area contributed by atoms with E-state index in [0.29, 0.717) is 18.2 Å². The molecule has 1 aromatic rings. The molecule has 2 heterocycles. The number of rotatable bonds is 2. The topological polar surface area (TPSA) is 90.4 Å². The van der Waals surface area contributed by atoms with Gasteiger partial charge in [-0.3, -0.25) is 4.79 Å². The fourth-order valence-electron chi connectivity index (χ4n) is 3.49. The maximum Gasteiger partial charge on any atom is 0.246 e. The van der Waals surface area contributed by atoms with E-state index in [2.05, 4.69) is 10.5 Å². The highest BCUT2D eigenvalue weighted by Crippen LogP contribution is 2.58. The number of carbonyl (C=O) groups excluding carboxylic acids is 1. The van der Waals surface area contributed by atoms with Gasteiger partial charge in [0.1, 0.15) is 11.3 Å². The van der Waals surface area contributed by atoms with E-state index >= 15 is 0 Å². The van der Waals surface area contributed by atoms with Crippen LogP contribution in [0.1, 0.15) is 26.0 Å². The Hall–Kier alpha value is -1.40. The van der Waals surface area contributed by atoms with Crippen molar-refractivity contribution < 1.29 is 14.1 Å². The molecule has 1 saturated carbocycles. The second kappa shape index (κ2) is 3.80. The number of ether oxygens (including phenoxy) is 1. The lowest BCUT2D eigenvalue weighted by Crippen LogP contribution is -2.79. The van der Waals surface area contributed by atoms with Crippen LogP contribution in [0.3, 0.4) is 0 Å². The Labute approximate surface area is 111 Å². The Balaban J connectivity index is 1.82. The van der Waals surface area contributed by atoms with Gasteiger partial charge in [-0.1, -0.05) is 19.0 Å². The molecule has 1 saturated heterocycles. The van der Waals surface area contributed by atoms with Gasteiger partial charge in [0.05, 0.1) is 6.10 Å². The molecule has 104 valence electrons. The molecule has 3 atom stereocenters. The summed E-state index contributed by atoms with van der Waals surface area (Å²) >= 11 is 0. The van der Waals surface area contributed by atoms with Crippen LogP contribution in [0.15, 0.2) is 10.6 Å². The summed E-state index contributed by atoms with van der Waals surface area (Å²) in [6, 6.07) is 1.68. The third kappa shape index (κ3) is 1.50. The first-order valence-electron chi connectivity index (χ1n) is 6.52. The number of anilines is 1. The SMILES string of the molecule is Cc1cc(NC(=O)C2(N)C3CCOC3C2(C)C)no1. The predicted molar refractivity (Wildman–Crippen MR) is 68.4 cm³/mol. The van der Waals surface area contributed by atoms with Crippen molar-refractivity contribution in [2.75, 3.05) is 11.9 Å². The van der Waals surface area contributed by atoms with Crippen molar-refractivity contribution in [3.05, 3.63) is 11.8 Å². The fraction of sp³-hybridized carbons (Fsp3) is 0.692. The Morgan fingerprint density at radius 3 is 2.95 bits per heavy atom. The summed E-state index contributed by atoms with van der Waals surface area (Å²) in [7, 11) is 0. The number of carbonyl (C=O) groups is 1. The largest absolute Gasteiger partial charge is 0.377 e. The van der Waals surface area contributed by atoms with Crippen LogP contribution >= 0.6 is 0 Å². The van der Waals surface area contributed by atoms with E-state index in [1.165, 1.54) is 0 Å². The third-order valence-corrected chi connectivity index (χ3v) is 4.70. The molecular weight excluding hydrogens is 246 g/mol. The molecule has 1 aromatic heterocycles. The van der Waals surface area contributed by atoms with Gasteiger partial charge in [0.25, 0.3) is 0 Å². The Morgan fingerprint density at radius 1 is 1.58 bits per heavy atom. The number of amides is 1. The van der Waals surface area contributed by atoms with Gasteiger partial charge in [-0.05, 0) is 13.3 Å². The average Bonchev–Trinajstić information content (AvgIpc) is 2.96. The zero-order valence-corrected chi connectivity index (χ0v) is 11.4. The number of nitrogens with zero attached hydrogens (tertiary/aromatic N) is 1. The van der Waals surface area contributed by atoms with Gasteiger partial charge in [-0.25, -0.2) is 0 Å². The second-order valence-corrected chi connectivity index (χ2v) is 6.05. The van der Waals surface area contributed by atoms with Gasteiger partial charge >= 0.3 is 0 Å². The number of nitrogens with one attached hydrogen (secondary N) is 1. The molecule has 3 rings (SSSR count). The van der Waals surface area contributed by atoms with Gasteiger partial charge in [0, 0.05) is 24.0 Å². The first kappa shape index (κ1) is 12.6. The van der Waals surface area contributed by atoms with Crippen LogP contribution in [-0.2, 0) is 9.53 Å². The molecular formula is C13H19N3O3. The van der Waals surface area contributed by atoms with E-state index in [-0.39, 0.29) is 23.3 Å². The molecule has 0 bridgehead atoms. The van der Waals surface area contributed by atoms with E-state index in [1.54, 1.807) is 13.0 Å². The van der Waals surface area contributed by atoms with E-state index in [1.807, 2.05) is 13.8 Å². The van der Waals surface area contributed by atoms with Crippen LogP contribution < -0.4 is 11.1 Å². The Bertz CT molecular complexity index is 525. The van der Waals surface area contributed by atoms with Crippen molar-refractivity contribution in [1.82, 2.24) is 5.16 Å². The minimum absolute atomic E-state index is 0.0716. The normalized spacial score (nSPS) is 35.6. The summed E-state index contributed by atoms with van der Waals surface area (Å²) in [5.74, 6) is 0.926. The van der Waals surface area contributed by atoms with E-state index in [0.717, 1.165) is 6.42 Å². The zero-order valence-electron chi connectivity index (χ0n) is 11.4. The zero-order chi connectivity index (χ0) is 13.8. The number of aromatic nitrogens is 1. The number of hydrogen-bond donors (Lipinski definition) is 2. The highest BCUT2D eigenvalue weighted by molar-refractivity contribution is 5.99.